The zero-order valence-corrected chi connectivity index (χ0v) is 16.9. The summed E-state index contributed by atoms with van der Waals surface area (Å²) in [6, 6.07) is 13.0. The number of fused-ring (bicyclic) bond motifs is 1. The van der Waals surface area contributed by atoms with Gasteiger partial charge >= 0.3 is 0 Å². The van der Waals surface area contributed by atoms with Crippen LogP contribution in [-0.2, 0) is 0 Å². The lowest BCUT2D eigenvalue weighted by Crippen LogP contribution is -2.30. The van der Waals surface area contributed by atoms with Gasteiger partial charge in [-0.15, -0.1) is 0 Å². The average Bonchev–Trinajstić information content (AvgIpc) is 3.25. The molecule has 1 atom stereocenters. The number of carbonyl (C=O) groups is 1. The van der Waals surface area contributed by atoms with Crippen LogP contribution in [0.15, 0.2) is 42.5 Å². The molecule has 0 spiro atoms. The van der Waals surface area contributed by atoms with Crippen LogP contribution in [0.3, 0.4) is 0 Å². The molecule has 1 aromatic heterocycles. The average molecular weight is 391 g/mol. The zero-order chi connectivity index (χ0) is 20.5. The molecule has 3 aromatic rings. The SMILES string of the molecule is CCCN1C(=O)c2[nH]nc(-c3cc(C)ccc3O)c2[C@@H]1c1ccc(OCC)cc1. The Hall–Kier alpha value is -3.28. The number of aryl methyl sites for hydroxylation is 1. The number of aromatic amines is 1. The second kappa shape index (κ2) is 7.62. The summed E-state index contributed by atoms with van der Waals surface area (Å²) in [5, 5.41) is 17.8. The molecule has 150 valence electrons. The minimum atomic E-state index is -0.262. The van der Waals surface area contributed by atoms with Crippen molar-refractivity contribution in [3.63, 3.8) is 0 Å². The number of rotatable bonds is 6. The normalized spacial score (nSPS) is 15.6. The molecule has 0 saturated carbocycles. The topological polar surface area (TPSA) is 78.5 Å². The zero-order valence-electron chi connectivity index (χ0n) is 16.9. The maximum absolute atomic E-state index is 13.1. The minimum Gasteiger partial charge on any atom is -0.507 e. The Labute approximate surface area is 170 Å². The molecule has 0 unspecified atom stereocenters. The molecule has 2 aromatic carbocycles. The third-order valence-corrected chi connectivity index (χ3v) is 5.24. The fourth-order valence-electron chi connectivity index (χ4n) is 3.97. The van der Waals surface area contributed by atoms with Gasteiger partial charge in [-0.2, -0.15) is 5.10 Å². The summed E-state index contributed by atoms with van der Waals surface area (Å²) >= 11 is 0. The molecule has 0 fully saturated rings. The van der Waals surface area contributed by atoms with E-state index in [2.05, 4.69) is 17.1 Å². The van der Waals surface area contributed by atoms with E-state index < -0.39 is 0 Å². The van der Waals surface area contributed by atoms with Crippen LogP contribution in [0, 0.1) is 6.92 Å². The predicted octanol–water partition coefficient (Wildman–Crippen LogP) is 4.44. The van der Waals surface area contributed by atoms with Gasteiger partial charge in [0.15, 0.2) is 0 Å². The summed E-state index contributed by atoms with van der Waals surface area (Å²) in [4.78, 5) is 15.0. The van der Waals surface area contributed by atoms with Gasteiger partial charge < -0.3 is 14.7 Å². The summed E-state index contributed by atoms with van der Waals surface area (Å²) in [5.74, 6) is 0.884. The highest BCUT2D eigenvalue weighted by molar-refractivity contribution is 6.00. The van der Waals surface area contributed by atoms with Crippen molar-refractivity contribution in [3.05, 3.63) is 64.8 Å². The van der Waals surface area contributed by atoms with Crippen LogP contribution >= 0.6 is 0 Å². The molecule has 2 N–H and O–H groups in total. The van der Waals surface area contributed by atoms with E-state index in [1.165, 1.54) is 0 Å². The summed E-state index contributed by atoms with van der Waals surface area (Å²) in [5.41, 5.74) is 4.56. The van der Waals surface area contributed by atoms with Crippen molar-refractivity contribution in [2.75, 3.05) is 13.2 Å². The number of ether oxygens (including phenoxy) is 1. The Morgan fingerprint density at radius 2 is 1.93 bits per heavy atom. The van der Waals surface area contributed by atoms with Gasteiger partial charge in [-0.05, 0) is 50.1 Å². The minimum absolute atomic E-state index is 0.0633. The van der Waals surface area contributed by atoms with Gasteiger partial charge in [0.25, 0.3) is 5.91 Å². The highest BCUT2D eigenvalue weighted by Gasteiger charge is 2.42. The Kier molecular flexibility index (Phi) is 5.01. The Bertz CT molecular complexity index is 1040. The van der Waals surface area contributed by atoms with E-state index in [-0.39, 0.29) is 17.7 Å². The number of carbonyl (C=O) groups excluding carboxylic acids is 1. The number of benzene rings is 2. The van der Waals surface area contributed by atoms with Gasteiger partial charge in [0.05, 0.1) is 12.6 Å². The maximum atomic E-state index is 13.1. The number of H-pyrrole nitrogens is 1. The summed E-state index contributed by atoms with van der Waals surface area (Å²) < 4.78 is 5.56. The molecule has 6 heteroatoms. The van der Waals surface area contributed by atoms with E-state index in [9.17, 15) is 9.90 Å². The number of phenolic OH excluding ortho intramolecular Hbond substituents is 1. The van der Waals surface area contributed by atoms with E-state index in [4.69, 9.17) is 4.74 Å². The highest BCUT2D eigenvalue weighted by atomic mass is 16.5. The van der Waals surface area contributed by atoms with Gasteiger partial charge in [-0.25, -0.2) is 0 Å². The monoisotopic (exact) mass is 391 g/mol. The van der Waals surface area contributed by atoms with Crippen LogP contribution in [0.4, 0.5) is 0 Å². The van der Waals surface area contributed by atoms with Crippen LogP contribution in [0.5, 0.6) is 11.5 Å². The van der Waals surface area contributed by atoms with Gasteiger partial charge in [0, 0.05) is 17.7 Å². The highest BCUT2D eigenvalue weighted by Crippen LogP contribution is 2.44. The largest absolute Gasteiger partial charge is 0.507 e. The van der Waals surface area contributed by atoms with E-state index in [1.54, 1.807) is 6.07 Å². The number of hydrogen-bond acceptors (Lipinski definition) is 4. The molecule has 0 bridgehead atoms. The lowest BCUT2D eigenvalue weighted by molar-refractivity contribution is 0.0744. The fraction of sp³-hybridized carbons (Fsp3) is 0.304. The molecule has 6 nitrogen and oxygen atoms in total. The first kappa shape index (κ1) is 19.1. The second-order valence-electron chi connectivity index (χ2n) is 7.28. The number of nitrogens with zero attached hydrogens (tertiary/aromatic N) is 2. The van der Waals surface area contributed by atoms with Gasteiger partial charge in [-0.3, -0.25) is 9.89 Å². The first-order chi connectivity index (χ1) is 14.0. The number of nitrogens with one attached hydrogen (secondary N) is 1. The Morgan fingerprint density at radius 3 is 2.62 bits per heavy atom. The molecule has 2 heterocycles. The van der Waals surface area contributed by atoms with E-state index >= 15 is 0 Å². The first-order valence-corrected chi connectivity index (χ1v) is 9.97. The molecule has 0 saturated heterocycles. The Morgan fingerprint density at radius 1 is 1.17 bits per heavy atom. The number of aromatic hydroxyl groups is 1. The van der Waals surface area contributed by atoms with Crippen molar-refractivity contribution in [2.24, 2.45) is 0 Å². The second-order valence-corrected chi connectivity index (χ2v) is 7.28. The molecule has 0 radical (unpaired) electrons. The lowest BCUT2D eigenvalue weighted by atomic mass is 9.95. The lowest BCUT2D eigenvalue weighted by Gasteiger charge is -2.26. The maximum Gasteiger partial charge on any atom is 0.273 e. The van der Waals surface area contributed by atoms with Gasteiger partial charge in [-0.1, -0.05) is 30.7 Å². The quantitative estimate of drug-likeness (QED) is 0.651. The number of aromatic nitrogens is 2. The van der Waals surface area contributed by atoms with Crippen LogP contribution < -0.4 is 4.74 Å². The molecule has 1 aliphatic rings. The fourth-order valence-corrected chi connectivity index (χ4v) is 3.97. The summed E-state index contributed by atoms with van der Waals surface area (Å²) in [7, 11) is 0. The van der Waals surface area contributed by atoms with E-state index in [0.717, 1.165) is 28.9 Å². The van der Waals surface area contributed by atoms with Crippen molar-refractivity contribution >= 4 is 5.91 Å². The van der Waals surface area contributed by atoms with Crippen molar-refractivity contribution in [1.29, 1.82) is 0 Å². The number of phenols is 1. The van der Waals surface area contributed by atoms with Crippen LogP contribution in [0.1, 0.15) is 53.5 Å². The van der Waals surface area contributed by atoms with Crippen LogP contribution in [0.2, 0.25) is 0 Å². The van der Waals surface area contributed by atoms with Crippen LogP contribution in [-0.4, -0.2) is 39.3 Å². The molecule has 1 aliphatic heterocycles. The number of hydrogen-bond donors (Lipinski definition) is 2. The third-order valence-electron chi connectivity index (χ3n) is 5.24. The van der Waals surface area contributed by atoms with E-state index in [0.29, 0.717) is 30.1 Å². The van der Waals surface area contributed by atoms with E-state index in [1.807, 2.05) is 55.1 Å². The standard InChI is InChI=1S/C23H25N3O3/c1-4-12-26-22(15-7-9-16(10-8-15)29-5-2)19-20(24-25-21(19)23(26)28)17-13-14(3)6-11-18(17)27/h6-11,13,22,27H,4-5,12H2,1-3H3,(H,24,25)/t22-/m0/s1. The Balaban J connectivity index is 1.86. The molecular formula is C23H25N3O3. The third kappa shape index (κ3) is 3.24. The first-order valence-electron chi connectivity index (χ1n) is 9.97. The molecule has 0 aliphatic carbocycles. The summed E-state index contributed by atoms with van der Waals surface area (Å²) in [6.45, 7) is 7.21. The van der Waals surface area contributed by atoms with Crippen molar-refractivity contribution in [1.82, 2.24) is 15.1 Å². The molecular weight excluding hydrogens is 366 g/mol. The molecule has 4 rings (SSSR count). The van der Waals surface area contributed by atoms with Crippen molar-refractivity contribution in [2.45, 2.75) is 33.2 Å². The smallest absolute Gasteiger partial charge is 0.273 e. The molecule has 29 heavy (non-hydrogen) atoms. The van der Waals surface area contributed by atoms with Gasteiger partial charge in [0.1, 0.15) is 22.9 Å². The molecule has 1 amide bonds. The van der Waals surface area contributed by atoms with Crippen molar-refractivity contribution in [3.8, 4) is 22.8 Å². The summed E-state index contributed by atoms with van der Waals surface area (Å²) in [6.07, 6.45) is 0.849. The predicted molar refractivity (Wildman–Crippen MR) is 111 cm³/mol. The number of amides is 1. The van der Waals surface area contributed by atoms with Crippen molar-refractivity contribution < 1.29 is 14.6 Å². The van der Waals surface area contributed by atoms with Gasteiger partial charge in [0.2, 0.25) is 0 Å². The van der Waals surface area contributed by atoms with Crippen LogP contribution in [0.25, 0.3) is 11.3 Å².